The molecule has 0 saturated carbocycles. The molecule has 0 fully saturated rings. The van der Waals surface area contributed by atoms with Gasteiger partial charge in [-0.1, -0.05) is 106 Å². The molecule has 6 heteroatoms. The van der Waals surface area contributed by atoms with Gasteiger partial charge in [0.1, 0.15) is 0 Å². The Bertz CT molecular complexity index is 738. The van der Waals surface area contributed by atoms with E-state index >= 15 is 0 Å². The molecule has 29 heavy (non-hydrogen) atoms. The van der Waals surface area contributed by atoms with Gasteiger partial charge < -0.3 is 8.98 Å². The molecule has 0 radical (unpaired) electrons. The summed E-state index contributed by atoms with van der Waals surface area (Å²) in [6.07, 6.45) is 2.33. The number of hydrogen-bond donors (Lipinski definition) is 0. The molecule has 2 aromatic rings. The Morgan fingerprint density at radius 2 is 1.52 bits per heavy atom. The SMILES string of the molecule is C=C[C@@H](CO[Si](c1ccccc1)(c1ccccc1)C(C)(C)C)C[C@@H](C)S(=O)[O-].[Na+]. The van der Waals surface area contributed by atoms with Crippen LogP contribution in [-0.2, 0) is 15.5 Å². The van der Waals surface area contributed by atoms with Gasteiger partial charge in [0.2, 0.25) is 0 Å². The van der Waals surface area contributed by atoms with Crippen molar-refractivity contribution in [2.45, 2.75) is 44.4 Å². The van der Waals surface area contributed by atoms with E-state index in [-0.39, 0.29) is 40.5 Å². The third kappa shape index (κ3) is 6.47. The molecule has 0 amide bonds. The summed E-state index contributed by atoms with van der Waals surface area (Å²) in [5.74, 6) is -0.0189. The molecular formula is C23H31NaO3SSi. The van der Waals surface area contributed by atoms with Crippen molar-refractivity contribution in [2.24, 2.45) is 5.92 Å². The second-order valence-electron chi connectivity index (χ2n) is 8.28. The normalized spacial score (nSPS) is 15.1. The molecule has 0 N–H and O–H groups in total. The van der Waals surface area contributed by atoms with E-state index in [0.29, 0.717) is 13.0 Å². The molecule has 0 aliphatic heterocycles. The fraction of sp³-hybridized carbons (Fsp3) is 0.391. The average Bonchev–Trinajstić information content (AvgIpc) is 2.67. The maximum Gasteiger partial charge on any atom is 1.00 e. The molecule has 2 aromatic carbocycles. The summed E-state index contributed by atoms with van der Waals surface area (Å²) in [6, 6.07) is 20.9. The van der Waals surface area contributed by atoms with Crippen LogP contribution in [0.4, 0.5) is 0 Å². The van der Waals surface area contributed by atoms with Gasteiger partial charge in [-0.2, -0.15) is 0 Å². The van der Waals surface area contributed by atoms with Gasteiger partial charge in [-0.3, -0.25) is 4.21 Å². The van der Waals surface area contributed by atoms with E-state index in [1.165, 1.54) is 10.4 Å². The van der Waals surface area contributed by atoms with Gasteiger partial charge in [-0.05, 0) is 27.8 Å². The minimum Gasteiger partial charge on any atom is -0.772 e. The first kappa shape index (κ1) is 26.5. The minimum absolute atomic E-state index is 0. The predicted molar refractivity (Wildman–Crippen MR) is 120 cm³/mol. The summed E-state index contributed by atoms with van der Waals surface area (Å²) in [6.45, 7) is 12.8. The van der Waals surface area contributed by atoms with E-state index < -0.39 is 24.6 Å². The minimum atomic E-state index is -2.61. The van der Waals surface area contributed by atoms with Gasteiger partial charge in [0.25, 0.3) is 8.32 Å². The van der Waals surface area contributed by atoms with Gasteiger partial charge in [0.15, 0.2) is 0 Å². The van der Waals surface area contributed by atoms with Crippen molar-refractivity contribution in [2.75, 3.05) is 6.61 Å². The van der Waals surface area contributed by atoms with E-state index in [0.717, 1.165) is 0 Å². The van der Waals surface area contributed by atoms with Crippen molar-refractivity contribution in [1.29, 1.82) is 0 Å². The maximum absolute atomic E-state index is 11.3. The van der Waals surface area contributed by atoms with E-state index in [4.69, 9.17) is 4.43 Å². The molecule has 0 spiro atoms. The molecule has 1 unspecified atom stereocenters. The van der Waals surface area contributed by atoms with Crippen LogP contribution in [0, 0.1) is 5.92 Å². The molecule has 0 aromatic heterocycles. The fourth-order valence-electron chi connectivity index (χ4n) is 3.73. The molecule has 152 valence electrons. The first-order valence-corrected chi connectivity index (χ1v) is 12.7. The van der Waals surface area contributed by atoms with E-state index in [1.54, 1.807) is 6.92 Å². The Balaban J connectivity index is 0.00000420. The summed E-state index contributed by atoms with van der Waals surface area (Å²) in [4.78, 5) is 0. The van der Waals surface area contributed by atoms with Crippen molar-refractivity contribution < 1.29 is 42.7 Å². The summed E-state index contributed by atoms with van der Waals surface area (Å²) in [5, 5.41) is 1.91. The second kappa shape index (κ2) is 11.7. The molecule has 3 atom stereocenters. The molecule has 3 nitrogen and oxygen atoms in total. The molecule has 0 bridgehead atoms. The Hall–Kier alpha value is -0.533. The zero-order chi connectivity index (χ0) is 20.8. The Morgan fingerprint density at radius 3 is 1.86 bits per heavy atom. The monoisotopic (exact) mass is 438 g/mol. The van der Waals surface area contributed by atoms with Crippen LogP contribution in [0.5, 0.6) is 0 Å². The van der Waals surface area contributed by atoms with Crippen LogP contribution in [0.15, 0.2) is 73.3 Å². The van der Waals surface area contributed by atoms with Crippen molar-refractivity contribution in [3.8, 4) is 0 Å². The summed E-state index contributed by atoms with van der Waals surface area (Å²) >= 11 is -2.09. The smallest absolute Gasteiger partial charge is 0.772 e. The fourth-order valence-corrected chi connectivity index (χ4v) is 8.75. The van der Waals surface area contributed by atoms with E-state index in [2.05, 4.69) is 75.9 Å². The van der Waals surface area contributed by atoms with E-state index in [9.17, 15) is 8.76 Å². The summed E-state index contributed by atoms with van der Waals surface area (Å²) in [7, 11) is -2.61. The van der Waals surface area contributed by atoms with Crippen molar-refractivity contribution >= 4 is 29.8 Å². The topological polar surface area (TPSA) is 49.4 Å². The summed E-state index contributed by atoms with van der Waals surface area (Å²) < 4.78 is 29.4. The Morgan fingerprint density at radius 1 is 1.07 bits per heavy atom. The third-order valence-electron chi connectivity index (χ3n) is 5.23. The molecule has 0 saturated heterocycles. The first-order valence-electron chi connectivity index (χ1n) is 9.68. The maximum atomic E-state index is 11.3. The van der Waals surface area contributed by atoms with Crippen LogP contribution in [0.1, 0.15) is 34.1 Å². The quantitative estimate of drug-likeness (QED) is 0.334. The van der Waals surface area contributed by atoms with Gasteiger partial charge in [0, 0.05) is 11.9 Å². The average molecular weight is 439 g/mol. The van der Waals surface area contributed by atoms with Crippen LogP contribution in [0.25, 0.3) is 0 Å². The third-order valence-corrected chi connectivity index (χ3v) is 11.1. The summed E-state index contributed by atoms with van der Waals surface area (Å²) in [5.41, 5.74) is 0. The van der Waals surface area contributed by atoms with E-state index in [1.807, 2.05) is 18.2 Å². The largest absolute Gasteiger partial charge is 1.00 e. The van der Waals surface area contributed by atoms with Crippen molar-refractivity contribution in [1.82, 2.24) is 0 Å². The van der Waals surface area contributed by atoms with Crippen LogP contribution in [0.3, 0.4) is 0 Å². The van der Waals surface area contributed by atoms with Gasteiger partial charge >= 0.3 is 29.6 Å². The molecule has 2 rings (SSSR count). The van der Waals surface area contributed by atoms with Gasteiger partial charge in [-0.25, -0.2) is 0 Å². The standard InChI is InChI=1S/C23H32O3SSi.Na/c1-6-20(17-19(2)27(24)25)18-26-28(23(3,4)5,21-13-9-7-10-14-21)22-15-11-8-12-16-22;/h6-16,19-20H,1,17-18H2,2-5H3,(H,24,25);/q;+1/p-1/t19-,20-;/m1./s1. The number of rotatable bonds is 9. The van der Waals surface area contributed by atoms with Gasteiger partial charge in [-0.15, -0.1) is 6.58 Å². The van der Waals surface area contributed by atoms with Crippen LogP contribution in [0.2, 0.25) is 5.04 Å². The first-order chi connectivity index (χ1) is 13.2. The number of hydrogen-bond acceptors (Lipinski definition) is 3. The van der Waals surface area contributed by atoms with Crippen molar-refractivity contribution in [3.63, 3.8) is 0 Å². The van der Waals surface area contributed by atoms with Crippen LogP contribution in [-0.4, -0.2) is 28.9 Å². The molecule has 0 heterocycles. The molecule has 0 aliphatic carbocycles. The number of benzene rings is 2. The Kier molecular flexibility index (Phi) is 10.7. The zero-order valence-electron chi connectivity index (χ0n) is 18.3. The van der Waals surface area contributed by atoms with Crippen LogP contribution < -0.4 is 39.9 Å². The second-order valence-corrected chi connectivity index (χ2v) is 13.9. The van der Waals surface area contributed by atoms with Crippen molar-refractivity contribution in [3.05, 3.63) is 73.3 Å². The van der Waals surface area contributed by atoms with Gasteiger partial charge in [0.05, 0.1) is 0 Å². The molecule has 0 aliphatic rings. The zero-order valence-corrected chi connectivity index (χ0v) is 22.1. The Labute approximate surface area is 201 Å². The van der Waals surface area contributed by atoms with Crippen LogP contribution >= 0.6 is 0 Å². The molecular weight excluding hydrogens is 407 g/mol. The predicted octanol–water partition coefficient (Wildman–Crippen LogP) is 1.03.